The summed E-state index contributed by atoms with van der Waals surface area (Å²) in [6.07, 6.45) is 5.77. The number of fused-ring (bicyclic) bond motifs is 1. The molecule has 0 saturated carbocycles. The van der Waals surface area contributed by atoms with Gasteiger partial charge in [-0.3, -0.25) is 0 Å². The topological polar surface area (TPSA) is 53.1 Å². The number of nitrogens with zero attached hydrogens (tertiary/aromatic N) is 2. The predicted octanol–water partition coefficient (Wildman–Crippen LogP) is 3.55. The first-order valence-corrected chi connectivity index (χ1v) is 8.53. The molecule has 2 N–H and O–H groups in total. The van der Waals surface area contributed by atoms with Gasteiger partial charge in [-0.1, -0.05) is 12.5 Å². The molecular formula is C15H23N3OS. The molecule has 0 bridgehead atoms. The molecule has 110 valence electrons. The minimum absolute atomic E-state index is 0.581. The van der Waals surface area contributed by atoms with Crippen molar-refractivity contribution in [3.8, 4) is 5.75 Å². The summed E-state index contributed by atoms with van der Waals surface area (Å²) >= 11 is 1.90. The zero-order chi connectivity index (χ0) is 14.4. The summed E-state index contributed by atoms with van der Waals surface area (Å²) in [5.41, 5.74) is 7.99. The molecule has 0 aliphatic carbocycles. The maximum atomic E-state index is 6.05. The summed E-state index contributed by atoms with van der Waals surface area (Å²) in [6, 6.07) is 6.00. The van der Waals surface area contributed by atoms with Gasteiger partial charge >= 0.3 is 0 Å². The Hall–Kier alpha value is -1.36. The van der Waals surface area contributed by atoms with E-state index in [0.29, 0.717) is 12.6 Å². The van der Waals surface area contributed by atoms with Crippen molar-refractivity contribution in [1.29, 1.82) is 0 Å². The van der Waals surface area contributed by atoms with Gasteiger partial charge in [-0.15, -0.1) is 0 Å². The molecule has 0 amide bonds. The highest BCUT2D eigenvalue weighted by molar-refractivity contribution is 7.98. The Morgan fingerprint density at radius 2 is 2.15 bits per heavy atom. The second-order valence-electron chi connectivity index (χ2n) is 4.73. The van der Waals surface area contributed by atoms with Crippen LogP contribution in [0.15, 0.2) is 18.2 Å². The van der Waals surface area contributed by atoms with E-state index in [0.717, 1.165) is 29.7 Å². The Balaban J connectivity index is 2.12. The minimum Gasteiger partial charge on any atom is -0.492 e. The van der Waals surface area contributed by atoms with E-state index in [1.54, 1.807) is 0 Å². The number of imidazole rings is 1. The third-order valence-electron chi connectivity index (χ3n) is 3.30. The number of unbranched alkanes of at least 4 members (excludes halogenated alkanes) is 2. The largest absolute Gasteiger partial charge is 0.492 e. The average Bonchev–Trinajstić information content (AvgIpc) is 2.76. The number of ether oxygens (including phenoxy) is 1. The Kier molecular flexibility index (Phi) is 5.59. The van der Waals surface area contributed by atoms with E-state index in [1.165, 1.54) is 18.6 Å². The first-order valence-electron chi connectivity index (χ1n) is 7.14. The Morgan fingerprint density at radius 1 is 1.30 bits per heavy atom. The number of thioether (sulfide) groups is 1. The van der Waals surface area contributed by atoms with Crippen LogP contribution >= 0.6 is 11.8 Å². The molecular weight excluding hydrogens is 270 g/mol. The number of aryl methyl sites for hydroxylation is 1. The van der Waals surface area contributed by atoms with Crippen molar-refractivity contribution < 1.29 is 4.74 Å². The van der Waals surface area contributed by atoms with E-state index in [9.17, 15) is 0 Å². The minimum atomic E-state index is 0.581. The predicted molar refractivity (Wildman–Crippen MR) is 87.5 cm³/mol. The summed E-state index contributed by atoms with van der Waals surface area (Å²) in [5.74, 6) is 2.63. The molecule has 5 heteroatoms. The van der Waals surface area contributed by atoms with Crippen LogP contribution in [0, 0.1) is 0 Å². The number of benzene rings is 1. The van der Waals surface area contributed by atoms with Gasteiger partial charge in [0.25, 0.3) is 0 Å². The van der Waals surface area contributed by atoms with Crippen molar-refractivity contribution in [2.45, 2.75) is 32.7 Å². The van der Waals surface area contributed by atoms with Crippen molar-refractivity contribution >= 4 is 28.7 Å². The summed E-state index contributed by atoms with van der Waals surface area (Å²) in [6.45, 7) is 3.54. The molecule has 1 aromatic heterocycles. The highest BCUT2D eigenvalue weighted by Gasteiger charge is 2.11. The molecule has 1 aromatic carbocycles. The van der Waals surface area contributed by atoms with Gasteiger partial charge in [0.1, 0.15) is 11.3 Å². The summed E-state index contributed by atoms with van der Waals surface area (Å²) < 4.78 is 7.71. The molecule has 0 unspecified atom stereocenters. The fraction of sp³-hybridized carbons (Fsp3) is 0.533. The zero-order valence-corrected chi connectivity index (χ0v) is 13.1. The van der Waals surface area contributed by atoms with Gasteiger partial charge in [-0.2, -0.15) is 11.8 Å². The van der Waals surface area contributed by atoms with Crippen molar-refractivity contribution in [1.82, 2.24) is 9.55 Å². The summed E-state index contributed by atoms with van der Waals surface area (Å²) in [5, 5.41) is 0. The van der Waals surface area contributed by atoms with Crippen LogP contribution in [0.25, 0.3) is 11.0 Å². The van der Waals surface area contributed by atoms with Crippen LogP contribution in [-0.2, 0) is 6.54 Å². The molecule has 0 radical (unpaired) electrons. The molecule has 2 rings (SSSR count). The molecule has 4 nitrogen and oxygen atoms in total. The average molecular weight is 293 g/mol. The molecule has 0 aliphatic rings. The van der Waals surface area contributed by atoms with Gasteiger partial charge in [-0.05, 0) is 43.9 Å². The lowest BCUT2D eigenvalue weighted by Crippen LogP contribution is -2.03. The van der Waals surface area contributed by atoms with Crippen LogP contribution in [-0.4, -0.2) is 28.2 Å². The van der Waals surface area contributed by atoms with Crippen LogP contribution in [0.2, 0.25) is 0 Å². The molecule has 0 saturated heterocycles. The number of hydrogen-bond donors (Lipinski definition) is 1. The Bertz CT molecular complexity index is 553. The SMILES string of the molecule is CCOc1cccc2c1nc(N)n2CCCCCSC. The lowest BCUT2D eigenvalue weighted by atomic mass is 10.2. The van der Waals surface area contributed by atoms with Gasteiger partial charge in [0.2, 0.25) is 5.95 Å². The van der Waals surface area contributed by atoms with Gasteiger partial charge in [0.05, 0.1) is 12.1 Å². The highest BCUT2D eigenvalue weighted by Crippen LogP contribution is 2.27. The van der Waals surface area contributed by atoms with Gasteiger partial charge < -0.3 is 15.0 Å². The number of nitrogens with two attached hydrogens (primary N) is 1. The van der Waals surface area contributed by atoms with Crippen molar-refractivity contribution in [3.05, 3.63) is 18.2 Å². The first kappa shape index (κ1) is 15.0. The summed E-state index contributed by atoms with van der Waals surface area (Å²) in [4.78, 5) is 4.46. The molecule has 0 aliphatic heterocycles. The van der Waals surface area contributed by atoms with Crippen LogP contribution in [0.3, 0.4) is 0 Å². The van der Waals surface area contributed by atoms with Crippen LogP contribution < -0.4 is 10.5 Å². The lowest BCUT2D eigenvalue weighted by molar-refractivity contribution is 0.343. The monoisotopic (exact) mass is 293 g/mol. The molecule has 0 fully saturated rings. The molecule has 1 heterocycles. The Labute approximate surface area is 124 Å². The smallest absolute Gasteiger partial charge is 0.201 e. The fourth-order valence-electron chi connectivity index (χ4n) is 2.34. The maximum Gasteiger partial charge on any atom is 0.201 e. The zero-order valence-electron chi connectivity index (χ0n) is 12.3. The quantitative estimate of drug-likeness (QED) is 0.756. The van der Waals surface area contributed by atoms with E-state index in [-0.39, 0.29) is 0 Å². The second kappa shape index (κ2) is 7.43. The number of anilines is 1. The fourth-order valence-corrected chi connectivity index (χ4v) is 2.83. The number of rotatable bonds is 8. The highest BCUT2D eigenvalue weighted by atomic mass is 32.2. The van der Waals surface area contributed by atoms with E-state index in [1.807, 2.05) is 30.8 Å². The van der Waals surface area contributed by atoms with Crippen LogP contribution in [0.1, 0.15) is 26.2 Å². The van der Waals surface area contributed by atoms with E-state index in [4.69, 9.17) is 10.5 Å². The second-order valence-corrected chi connectivity index (χ2v) is 5.72. The Morgan fingerprint density at radius 3 is 2.90 bits per heavy atom. The standard InChI is InChI=1S/C15H23N3OS/c1-3-19-13-9-7-8-12-14(13)17-15(16)18(12)10-5-4-6-11-20-2/h7-9H,3-6,10-11H2,1-2H3,(H2,16,17). The van der Waals surface area contributed by atoms with Crippen LogP contribution in [0.5, 0.6) is 5.75 Å². The maximum absolute atomic E-state index is 6.05. The molecule has 0 atom stereocenters. The molecule has 2 aromatic rings. The van der Waals surface area contributed by atoms with Crippen molar-refractivity contribution in [2.24, 2.45) is 0 Å². The van der Waals surface area contributed by atoms with Gasteiger partial charge in [0.15, 0.2) is 0 Å². The number of para-hydroxylation sites is 1. The third-order valence-corrected chi connectivity index (χ3v) is 4.00. The first-order chi connectivity index (χ1) is 9.77. The van der Waals surface area contributed by atoms with Crippen LogP contribution in [0.4, 0.5) is 5.95 Å². The van der Waals surface area contributed by atoms with Gasteiger partial charge in [0, 0.05) is 6.54 Å². The third kappa shape index (κ3) is 3.39. The number of hydrogen-bond acceptors (Lipinski definition) is 4. The van der Waals surface area contributed by atoms with E-state index < -0.39 is 0 Å². The summed E-state index contributed by atoms with van der Waals surface area (Å²) in [7, 11) is 0. The van der Waals surface area contributed by atoms with Crippen molar-refractivity contribution in [3.63, 3.8) is 0 Å². The number of aromatic nitrogens is 2. The molecule has 0 spiro atoms. The normalized spacial score (nSPS) is 11.1. The van der Waals surface area contributed by atoms with Crippen molar-refractivity contribution in [2.75, 3.05) is 24.3 Å². The van der Waals surface area contributed by atoms with E-state index >= 15 is 0 Å². The number of nitrogen functional groups attached to an aromatic ring is 1. The molecule has 20 heavy (non-hydrogen) atoms. The lowest BCUT2D eigenvalue weighted by Gasteiger charge is -2.07. The van der Waals surface area contributed by atoms with E-state index in [2.05, 4.69) is 21.9 Å². The van der Waals surface area contributed by atoms with Gasteiger partial charge in [-0.25, -0.2) is 4.98 Å².